The van der Waals surface area contributed by atoms with Crippen molar-refractivity contribution in [3.63, 3.8) is 0 Å². The number of aromatic nitrogens is 1. The molecule has 68 valence electrons. The molecule has 0 saturated heterocycles. The molecule has 0 aromatic carbocycles. The first kappa shape index (κ1) is 9.86. The van der Waals surface area contributed by atoms with Crippen LogP contribution in [0, 0.1) is 6.92 Å². The van der Waals surface area contributed by atoms with E-state index < -0.39 is 7.60 Å². The highest BCUT2D eigenvalue weighted by molar-refractivity contribution is 7.68. The minimum absolute atomic E-state index is 0.407. The number of hydrogen-bond donors (Lipinski definition) is 0. The normalized spacial score (nSPS) is 11.9. The van der Waals surface area contributed by atoms with E-state index >= 15 is 0 Å². The van der Waals surface area contributed by atoms with Crippen LogP contribution in [0.5, 0.6) is 0 Å². The summed E-state index contributed by atoms with van der Waals surface area (Å²) < 4.78 is 21.6. The molecule has 0 aliphatic heterocycles. The molecular formula is C6H10NO3PS. The molecule has 1 aromatic rings. The Bertz CT molecular complexity index is 303. The van der Waals surface area contributed by atoms with E-state index in [1.807, 2.05) is 6.92 Å². The van der Waals surface area contributed by atoms with Gasteiger partial charge in [0, 0.05) is 25.3 Å². The summed E-state index contributed by atoms with van der Waals surface area (Å²) in [6, 6.07) is 0. The van der Waals surface area contributed by atoms with Crippen molar-refractivity contribution in [3.05, 3.63) is 11.1 Å². The van der Waals surface area contributed by atoms with Crippen molar-refractivity contribution in [2.75, 3.05) is 14.2 Å². The third kappa shape index (κ3) is 1.75. The maximum Gasteiger partial charge on any atom is 0.389 e. The van der Waals surface area contributed by atoms with Crippen LogP contribution in [0.1, 0.15) is 4.88 Å². The number of nitrogens with zero attached hydrogens (tertiary/aromatic N) is 1. The van der Waals surface area contributed by atoms with Crippen LogP contribution in [-0.4, -0.2) is 19.2 Å². The van der Waals surface area contributed by atoms with E-state index in [2.05, 4.69) is 4.98 Å². The zero-order valence-corrected chi connectivity index (χ0v) is 8.82. The van der Waals surface area contributed by atoms with Gasteiger partial charge >= 0.3 is 7.60 Å². The van der Waals surface area contributed by atoms with Gasteiger partial charge in [0.1, 0.15) is 0 Å². The Kier molecular flexibility index (Phi) is 3.01. The number of rotatable bonds is 3. The molecule has 0 N–H and O–H groups in total. The van der Waals surface area contributed by atoms with Gasteiger partial charge in [-0.1, -0.05) is 0 Å². The Balaban J connectivity index is 3.03. The molecule has 0 unspecified atom stereocenters. The fraction of sp³-hybridized carbons (Fsp3) is 0.500. The molecule has 0 radical (unpaired) electrons. The lowest BCUT2D eigenvalue weighted by molar-refractivity contribution is 0.287. The summed E-state index contributed by atoms with van der Waals surface area (Å²) in [6.07, 6.45) is 1.64. The van der Waals surface area contributed by atoms with E-state index in [4.69, 9.17) is 9.05 Å². The van der Waals surface area contributed by atoms with Gasteiger partial charge in [0.05, 0.1) is 0 Å². The summed E-state index contributed by atoms with van der Waals surface area (Å²) in [5, 5.41) is 0. The molecule has 4 nitrogen and oxygen atoms in total. The summed E-state index contributed by atoms with van der Waals surface area (Å²) in [6.45, 7) is 1.89. The average Bonchev–Trinajstić information content (AvgIpc) is 2.51. The molecule has 1 rings (SSSR count). The molecule has 0 aliphatic rings. The molecule has 0 saturated carbocycles. The lowest BCUT2D eigenvalue weighted by Crippen LogP contribution is -2.05. The van der Waals surface area contributed by atoms with Crippen LogP contribution in [0.2, 0.25) is 0 Å². The Morgan fingerprint density at radius 2 is 2.08 bits per heavy atom. The third-order valence-electron chi connectivity index (χ3n) is 1.32. The lowest BCUT2D eigenvalue weighted by Gasteiger charge is -2.08. The van der Waals surface area contributed by atoms with Crippen molar-refractivity contribution in [3.8, 4) is 0 Å². The predicted octanol–water partition coefficient (Wildman–Crippen LogP) is 1.56. The standard InChI is InChI=1S/C6H10NO3PS/c1-5-4-7-6(12-5)11(8,9-2)10-3/h4H,1-3H3. The van der Waals surface area contributed by atoms with Crippen molar-refractivity contribution >= 4 is 23.7 Å². The second-order valence-corrected chi connectivity index (χ2v) is 5.80. The SMILES string of the molecule is COP(=O)(OC)c1ncc(C)s1. The maximum absolute atomic E-state index is 11.7. The summed E-state index contributed by atoms with van der Waals surface area (Å²) in [5.74, 6) is 0. The van der Waals surface area contributed by atoms with Crippen LogP contribution < -0.4 is 4.75 Å². The molecule has 0 aliphatic carbocycles. The van der Waals surface area contributed by atoms with E-state index in [9.17, 15) is 4.57 Å². The first-order valence-corrected chi connectivity index (χ1v) is 5.63. The van der Waals surface area contributed by atoms with Gasteiger partial charge in [0.2, 0.25) is 4.75 Å². The molecule has 0 atom stereocenters. The van der Waals surface area contributed by atoms with Crippen molar-refractivity contribution in [1.82, 2.24) is 4.98 Å². The predicted molar refractivity (Wildman–Crippen MR) is 48.1 cm³/mol. The number of thiazole rings is 1. The Labute approximate surface area is 75.1 Å². The highest BCUT2D eigenvalue weighted by atomic mass is 32.1. The van der Waals surface area contributed by atoms with Crippen molar-refractivity contribution in [2.24, 2.45) is 0 Å². The van der Waals surface area contributed by atoms with Crippen LogP contribution >= 0.6 is 18.9 Å². The summed E-state index contributed by atoms with van der Waals surface area (Å²) in [4.78, 5) is 4.92. The maximum atomic E-state index is 11.7. The largest absolute Gasteiger partial charge is 0.389 e. The highest BCUT2D eigenvalue weighted by Gasteiger charge is 2.27. The van der Waals surface area contributed by atoms with Crippen LogP contribution in [0.25, 0.3) is 0 Å². The fourth-order valence-corrected chi connectivity index (χ4v) is 3.19. The minimum atomic E-state index is -3.11. The van der Waals surface area contributed by atoms with Crippen LogP contribution in [0.15, 0.2) is 6.20 Å². The van der Waals surface area contributed by atoms with E-state index in [1.165, 1.54) is 25.6 Å². The molecule has 1 heterocycles. The molecule has 0 spiro atoms. The quantitative estimate of drug-likeness (QED) is 0.706. The first-order chi connectivity index (χ1) is 5.62. The highest BCUT2D eigenvalue weighted by Crippen LogP contribution is 2.45. The Morgan fingerprint density at radius 3 is 2.42 bits per heavy atom. The van der Waals surface area contributed by atoms with Gasteiger partial charge in [-0.25, -0.2) is 4.98 Å². The number of hydrogen-bond acceptors (Lipinski definition) is 5. The summed E-state index contributed by atoms with van der Waals surface area (Å²) in [7, 11) is -0.409. The van der Waals surface area contributed by atoms with E-state index in [0.29, 0.717) is 4.75 Å². The molecule has 0 amide bonds. The van der Waals surface area contributed by atoms with Crippen molar-refractivity contribution < 1.29 is 13.6 Å². The molecule has 6 heteroatoms. The second kappa shape index (κ2) is 3.66. The third-order valence-corrected chi connectivity index (χ3v) is 4.53. The lowest BCUT2D eigenvalue weighted by atomic mass is 10.7. The van der Waals surface area contributed by atoms with Gasteiger partial charge in [-0.3, -0.25) is 4.57 Å². The van der Waals surface area contributed by atoms with Crippen LogP contribution in [-0.2, 0) is 13.6 Å². The molecule has 12 heavy (non-hydrogen) atoms. The summed E-state index contributed by atoms with van der Waals surface area (Å²) in [5.41, 5.74) is 0. The average molecular weight is 207 g/mol. The van der Waals surface area contributed by atoms with Crippen LogP contribution in [0.4, 0.5) is 0 Å². The second-order valence-electron chi connectivity index (χ2n) is 2.12. The molecule has 0 fully saturated rings. The van der Waals surface area contributed by atoms with E-state index in [-0.39, 0.29) is 0 Å². The topological polar surface area (TPSA) is 48.4 Å². The van der Waals surface area contributed by atoms with Gasteiger partial charge in [-0.15, -0.1) is 11.3 Å². The monoisotopic (exact) mass is 207 g/mol. The van der Waals surface area contributed by atoms with Gasteiger partial charge in [0.25, 0.3) is 0 Å². The van der Waals surface area contributed by atoms with Gasteiger partial charge < -0.3 is 9.05 Å². The number of aryl methyl sites for hydroxylation is 1. The minimum Gasteiger partial charge on any atom is -0.307 e. The zero-order chi connectivity index (χ0) is 9.19. The first-order valence-electron chi connectivity index (χ1n) is 3.27. The fourth-order valence-electron chi connectivity index (χ4n) is 0.700. The smallest absolute Gasteiger partial charge is 0.307 e. The van der Waals surface area contributed by atoms with Crippen molar-refractivity contribution in [2.45, 2.75) is 6.92 Å². The van der Waals surface area contributed by atoms with Crippen LogP contribution in [0.3, 0.4) is 0 Å². The van der Waals surface area contributed by atoms with E-state index in [1.54, 1.807) is 6.20 Å². The molecule has 1 aromatic heterocycles. The molecular weight excluding hydrogens is 197 g/mol. The zero-order valence-electron chi connectivity index (χ0n) is 7.10. The Hall–Kier alpha value is -0.220. The van der Waals surface area contributed by atoms with E-state index in [0.717, 1.165) is 4.88 Å². The van der Waals surface area contributed by atoms with Gasteiger partial charge in [0.15, 0.2) is 0 Å². The Morgan fingerprint density at radius 1 is 1.50 bits per heavy atom. The van der Waals surface area contributed by atoms with Crippen molar-refractivity contribution in [1.29, 1.82) is 0 Å². The van der Waals surface area contributed by atoms with Gasteiger partial charge in [-0.2, -0.15) is 0 Å². The summed E-state index contributed by atoms with van der Waals surface area (Å²) >= 11 is 1.32. The van der Waals surface area contributed by atoms with Gasteiger partial charge in [-0.05, 0) is 6.92 Å². The molecule has 0 bridgehead atoms.